The summed E-state index contributed by atoms with van der Waals surface area (Å²) in [5.41, 5.74) is 1.47. The van der Waals surface area contributed by atoms with Crippen LogP contribution in [0, 0.1) is 0 Å². The summed E-state index contributed by atoms with van der Waals surface area (Å²) in [6, 6.07) is 11.8. The minimum atomic E-state index is 0.786. The number of rotatable bonds is 5. The first-order chi connectivity index (χ1) is 10.8. The molecule has 122 valence electrons. The van der Waals surface area contributed by atoms with E-state index in [2.05, 4.69) is 52.1 Å². The van der Waals surface area contributed by atoms with E-state index in [0.29, 0.717) is 0 Å². The van der Waals surface area contributed by atoms with Crippen molar-refractivity contribution in [2.75, 3.05) is 46.3 Å². The molecule has 1 unspecified atom stereocenters. The highest BCUT2D eigenvalue weighted by Crippen LogP contribution is 2.22. The fourth-order valence-electron chi connectivity index (χ4n) is 3.82. The van der Waals surface area contributed by atoms with Crippen molar-refractivity contribution < 1.29 is 0 Å². The monoisotopic (exact) mass is 301 g/mol. The number of likely N-dealkylation sites (N-methyl/N-ethyl adjacent to an activating group) is 1. The number of likely N-dealkylation sites (tertiary alicyclic amines) is 1. The lowest BCUT2D eigenvalue weighted by Gasteiger charge is -2.38. The lowest BCUT2D eigenvalue weighted by molar-refractivity contribution is 0.102. The molecule has 0 amide bonds. The fraction of sp³-hybridized carbons (Fsp3) is 0.684. The van der Waals surface area contributed by atoms with E-state index in [0.717, 1.165) is 12.6 Å². The minimum absolute atomic E-state index is 0.786. The van der Waals surface area contributed by atoms with Crippen LogP contribution in [0.3, 0.4) is 0 Å². The average Bonchev–Trinajstić information content (AvgIpc) is 2.56. The molecule has 0 saturated carbocycles. The van der Waals surface area contributed by atoms with Gasteiger partial charge in [-0.2, -0.15) is 0 Å². The zero-order valence-corrected chi connectivity index (χ0v) is 14.1. The van der Waals surface area contributed by atoms with Gasteiger partial charge >= 0.3 is 0 Å². The van der Waals surface area contributed by atoms with Gasteiger partial charge < -0.3 is 9.80 Å². The third-order valence-corrected chi connectivity index (χ3v) is 5.35. The van der Waals surface area contributed by atoms with Gasteiger partial charge in [0, 0.05) is 38.8 Å². The first-order valence-electron chi connectivity index (χ1n) is 9.00. The van der Waals surface area contributed by atoms with Gasteiger partial charge in [-0.05, 0) is 45.0 Å². The van der Waals surface area contributed by atoms with Gasteiger partial charge in [-0.3, -0.25) is 4.90 Å². The van der Waals surface area contributed by atoms with Gasteiger partial charge in [0.05, 0.1) is 0 Å². The topological polar surface area (TPSA) is 9.72 Å². The van der Waals surface area contributed by atoms with Crippen molar-refractivity contribution in [1.29, 1.82) is 0 Å². The summed E-state index contributed by atoms with van der Waals surface area (Å²) >= 11 is 0. The van der Waals surface area contributed by atoms with Gasteiger partial charge in [0.1, 0.15) is 0 Å². The van der Waals surface area contributed by atoms with Crippen molar-refractivity contribution in [3.63, 3.8) is 0 Å². The molecule has 2 aliphatic heterocycles. The van der Waals surface area contributed by atoms with Crippen LogP contribution in [-0.4, -0.2) is 67.1 Å². The summed E-state index contributed by atoms with van der Waals surface area (Å²) in [7, 11) is 2.24. The molecule has 22 heavy (non-hydrogen) atoms. The SMILES string of the molecule is CN1CCN(CCC2CCCCN2Cc2ccccc2)CC1. The molecule has 1 aromatic carbocycles. The van der Waals surface area contributed by atoms with Crippen molar-refractivity contribution in [2.24, 2.45) is 0 Å². The number of hydrogen-bond acceptors (Lipinski definition) is 3. The van der Waals surface area contributed by atoms with Gasteiger partial charge in [-0.1, -0.05) is 36.8 Å². The highest BCUT2D eigenvalue weighted by Gasteiger charge is 2.23. The largest absolute Gasteiger partial charge is 0.304 e. The Morgan fingerprint density at radius 1 is 0.955 bits per heavy atom. The van der Waals surface area contributed by atoms with Crippen molar-refractivity contribution >= 4 is 0 Å². The van der Waals surface area contributed by atoms with Crippen molar-refractivity contribution in [2.45, 2.75) is 38.3 Å². The van der Waals surface area contributed by atoms with Gasteiger partial charge in [0.2, 0.25) is 0 Å². The lowest BCUT2D eigenvalue weighted by atomic mass is 9.98. The molecule has 3 nitrogen and oxygen atoms in total. The minimum Gasteiger partial charge on any atom is -0.304 e. The Kier molecular flexibility index (Phi) is 5.88. The predicted molar refractivity (Wildman–Crippen MR) is 93.0 cm³/mol. The summed E-state index contributed by atoms with van der Waals surface area (Å²) < 4.78 is 0. The third kappa shape index (κ3) is 4.55. The highest BCUT2D eigenvalue weighted by molar-refractivity contribution is 5.14. The van der Waals surface area contributed by atoms with Crippen LogP contribution in [0.1, 0.15) is 31.2 Å². The van der Waals surface area contributed by atoms with Crippen LogP contribution >= 0.6 is 0 Å². The maximum atomic E-state index is 2.73. The van der Waals surface area contributed by atoms with E-state index in [4.69, 9.17) is 0 Å². The van der Waals surface area contributed by atoms with Crippen LogP contribution < -0.4 is 0 Å². The number of nitrogens with zero attached hydrogens (tertiary/aromatic N) is 3. The Morgan fingerprint density at radius 2 is 1.73 bits per heavy atom. The summed E-state index contributed by atoms with van der Waals surface area (Å²) in [5.74, 6) is 0. The van der Waals surface area contributed by atoms with Crippen LogP contribution in [0.25, 0.3) is 0 Å². The van der Waals surface area contributed by atoms with Gasteiger partial charge in [-0.15, -0.1) is 0 Å². The smallest absolute Gasteiger partial charge is 0.0236 e. The average molecular weight is 301 g/mol. The van der Waals surface area contributed by atoms with E-state index in [1.54, 1.807) is 0 Å². The molecule has 2 saturated heterocycles. The molecular weight excluding hydrogens is 270 g/mol. The summed E-state index contributed by atoms with van der Waals surface area (Å²) in [4.78, 5) is 7.84. The molecular formula is C19H31N3. The first kappa shape index (κ1) is 16.0. The standard InChI is InChI=1S/C19H31N3/c1-20-13-15-21(16-14-20)12-10-19-9-5-6-11-22(19)17-18-7-3-2-4-8-18/h2-4,7-8,19H,5-6,9-17H2,1H3. The second-order valence-electron chi connectivity index (χ2n) is 7.04. The molecule has 1 aromatic rings. The molecule has 2 aliphatic rings. The number of benzene rings is 1. The molecule has 1 atom stereocenters. The van der Waals surface area contributed by atoms with Crippen molar-refractivity contribution in [3.05, 3.63) is 35.9 Å². The molecule has 2 fully saturated rings. The zero-order valence-electron chi connectivity index (χ0n) is 14.1. The normalized spacial score (nSPS) is 25.4. The Balaban J connectivity index is 1.49. The van der Waals surface area contributed by atoms with E-state index in [1.165, 1.54) is 70.5 Å². The van der Waals surface area contributed by atoms with Crippen LogP contribution in [0.2, 0.25) is 0 Å². The number of piperidine rings is 1. The van der Waals surface area contributed by atoms with Crippen molar-refractivity contribution in [1.82, 2.24) is 14.7 Å². The van der Waals surface area contributed by atoms with E-state index in [9.17, 15) is 0 Å². The summed E-state index contributed by atoms with van der Waals surface area (Å²) in [6.45, 7) is 8.67. The van der Waals surface area contributed by atoms with Crippen molar-refractivity contribution in [3.8, 4) is 0 Å². The van der Waals surface area contributed by atoms with Gasteiger partial charge in [0.15, 0.2) is 0 Å². The second kappa shape index (κ2) is 8.09. The summed E-state index contributed by atoms with van der Waals surface area (Å²) in [5, 5.41) is 0. The Bertz CT molecular complexity index is 426. The number of hydrogen-bond donors (Lipinski definition) is 0. The van der Waals surface area contributed by atoms with E-state index < -0.39 is 0 Å². The second-order valence-corrected chi connectivity index (χ2v) is 7.04. The quantitative estimate of drug-likeness (QED) is 0.828. The maximum Gasteiger partial charge on any atom is 0.0236 e. The molecule has 3 rings (SSSR count). The Morgan fingerprint density at radius 3 is 2.50 bits per heavy atom. The van der Waals surface area contributed by atoms with E-state index >= 15 is 0 Å². The molecule has 0 aliphatic carbocycles. The van der Waals surface area contributed by atoms with Crippen LogP contribution in [0.15, 0.2) is 30.3 Å². The Labute approximate surface area is 135 Å². The van der Waals surface area contributed by atoms with Crippen LogP contribution in [0.4, 0.5) is 0 Å². The van der Waals surface area contributed by atoms with Gasteiger partial charge in [0.25, 0.3) is 0 Å². The highest BCUT2D eigenvalue weighted by atomic mass is 15.2. The van der Waals surface area contributed by atoms with E-state index in [1.807, 2.05) is 0 Å². The van der Waals surface area contributed by atoms with E-state index in [-0.39, 0.29) is 0 Å². The summed E-state index contributed by atoms with van der Waals surface area (Å²) in [6.07, 6.45) is 5.52. The molecule has 0 N–H and O–H groups in total. The van der Waals surface area contributed by atoms with Crippen LogP contribution in [0.5, 0.6) is 0 Å². The van der Waals surface area contributed by atoms with Crippen LogP contribution in [-0.2, 0) is 6.54 Å². The lowest BCUT2D eigenvalue weighted by Crippen LogP contribution is -2.47. The Hall–Kier alpha value is -0.900. The predicted octanol–water partition coefficient (Wildman–Crippen LogP) is 2.68. The fourth-order valence-corrected chi connectivity index (χ4v) is 3.82. The molecule has 0 aromatic heterocycles. The molecule has 0 bridgehead atoms. The first-order valence-corrected chi connectivity index (χ1v) is 9.00. The number of piperazine rings is 1. The van der Waals surface area contributed by atoms with Gasteiger partial charge in [-0.25, -0.2) is 0 Å². The molecule has 0 spiro atoms. The molecule has 0 radical (unpaired) electrons. The molecule has 2 heterocycles. The zero-order chi connectivity index (χ0) is 15.2. The third-order valence-electron chi connectivity index (χ3n) is 5.35. The maximum absolute atomic E-state index is 2.73. The molecule has 3 heteroatoms.